The Morgan fingerprint density at radius 2 is 2.04 bits per heavy atom. The minimum atomic E-state index is -0.149. The van der Waals surface area contributed by atoms with Crippen LogP contribution in [-0.4, -0.2) is 47.6 Å². The molecule has 6 nitrogen and oxygen atoms in total. The van der Waals surface area contributed by atoms with Crippen molar-refractivity contribution < 1.29 is 9.53 Å². The number of hydrogen-bond donors (Lipinski definition) is 1. The Hall–Kier alpha value is -2.50. The number of fused-ring (bicyclic) bond motifs is 1. The van der Waals surface area contributed by atoms with Gasteiger partial charge in [0.05, 0.1) is 13.2 Å². The zero-order chi connectivity index (χ0) is 17.3. The molecule has 0 unspecified atom stereocenters. The van der Waals surface area contributed by atoms with Gasteiger partial charge in [0.1, 0.15) is 5.75 Å². The van der Waals surface area contributed by atoms with Gasteiger partial charge >= 0.3 is 6.03 Å². The number of H-pyrrole nitrogens is 1. The number of amides is 2. The molecule has 2 amide bonds. The molecule has 1 heterocycles. The highest BCUT2D eigenvalue weighted by Gasteiger charge is 2.33. The quantitative estimate of drug-likeness (QED) is 0.917. The van der Waals surface area contributed by atoms with Gasteiger partial charge in [-0.3, -0.25) is 4.79 Å². The lowest BCUT2D eigenvalue weighted by Crippen LogP contribution is -2.41. The number of hydrogen-bond acceptors (Lipinski definition) is 3. The van der Waals surface area contributed by atoms with Crippen LogP contribution in [0.2, 0.25) is 0 Å². The first-order valence-electron chi connectivity index (χ1n) is 8.26. The van der Waals surface area contributed by atoms with E-state index in [0.717, 1.165) is 29.5 Å². The standard InChI is InChI=1S/C18H23N3O3/c1-4-24-15-7-8-16-12(10-15)9-13(17(22)19-16)11-21(14-5-6-14)18(23)20(2)3/h7-10,14H,4-6,11H2,1-3H3,(H,19,22). The Kier molecular flexibility index (Phi) is 4.46. The Labute approximate surface area is 141 Å². The fourth-order valence-electron chi connectivity index (χ4n) is 2.78. The van der Waals surface area contributed by atoms with Gasteiger partial charge < -0.3 is 19.5 Å². The van der Waals surface area contributed by atoms with E-state index >= 15 is 0 Å². The third kappa shape index (κ3) is 3.37. The largest absolute Gasteiger partial charge is 0.494 e. The van der Waals surface area contributed by atoms with Crippen molar-refractivity contribution in [3.05, 3.63) is 40.2 Å². The van der Waals surface area contributed by atoms with E-state index < -0.39 is 0 Å². The van der Waals surface area contributed by atoms with Crippen LogP contribution in [0, 0.1) is 0 Å². The number of benzene rings is 1. The van der Waals surface area contributed by atoms with Crippen molar-refractivity contribution in [1.82, 2.24) is 14.8 Å². The van der Waals surface area contributed by atoms with Gasteiger partial charge in [0.2, 0.25) is 0 Å². The van der Waals surface area contributed by atoms with E-state index in [0.29, 0.717) is 18.7 Å². The first kappa shape index (κ1) is 16.4. The van der Waals surface area contributed by atoms with Crippen molar-refractivity contribution in [3.63, 3.8) is 0 Å². The van der Waals surface area contributed by atoms with Crippen LogP contribution in [0.25, 0.3) is 10.9 Å². The fraction of sp³-hybridized carbons (Fsp3) is 0.444. The van der Waals surface area contributed by atoms with E-state index in [1.807, 2.05) is 31.2 Å². The van der Waals surface area contributed by atoms with E-state index in [1.54, 1.807) is 23.9 Å². The molecule has 0 radical (unpaired) electrons. The van der Waals surface area contributed by atoms with Gasteiger partial charge in [0.15, 0.2) is 0 Å². The Morgan fingerprint density at radius 3 is 2.67 bits per heavy atom. The number of pyridine rings is 1. The molecule has 0 aliphatic heterocycles. The molecule has 24 heavy (non-hydrogen) atoms. The van der Waals surface area contributed by atoms with Crippen molar-refractivity contribution in [2.45, 2.75) is 32.4 Å². The van der Waals surface area contributed by atoms with Crippen LogP contribution < -0.4 is 10.3 Å². The highest BCUT2D eigenvalue weighted by atomic mass is 16.5. The van der Waals surface area contributed by atoms with E-state index in [1.165, 1.54) is 0 Å². The van der Waals surface area contributed by atoms with Crippen molar-refractivity contribution in [2.24, 2.45) is 0 Å². The third-order valence-electron chi connectivity index (χ3n) is 4.16. The smallest absolute Gasteiger partial charge is 0.320 e. The van der Waals surface area contributed by atoms with Crippen LogP contribution in [0.15, 0.2) is 29.1 Å². The van der Waals surface area contributed by atoms with Crippen LogP contribution >= 0.6 is 0 Å². The molecule has 2 aromatic rings. The summed E-state index contributed by atoms with van der Waals surface area (Å²) < 4.78 is 5.52. The lowest BCUT2D eigenvalue weighted by Gasteiger charge is -2.26. The number of urea groups is 1. The minimum Gasteiger partial charge on any atom is -0.494 e. The van der Waals surface area contributed by atoms with E-state index in [9.17, 15) is 9.59 Å². The molecule has 0 saturated heterocycles. The second kappa shape index (κ2) is 6.55. The highest BCUT2D eigenvalue weighted by Crippen LogP contribution is 2.29. The molecule has 1 saturated carbocycles. The summed E-state index contributed by atoms with van der Waals surface area (Å²) >= 11 is 0. The van der Waals surface area contributed by atoms with Crippen LogP contribution in [0.1, 0.15) is 25.3 Å². The summed E-state index contributed by atoms with van der Waals surface area (Å²) in [5.41, 5.74) is 1.21. The Bertz CT molecular complexity index is 809. The molecule has 1 aliphatic rings. The maximum atomic E-state index is 12.4. The predicted molar refractivity (Wildman–Crippen MR) is 93.4 cm³/mol. The van der Waals surface area contributed by atoms with E-state index in [4.69, 9.17) is 4.74 Å². The fourth-order valence-corrected chi connectivity index (χ4v) is 2.78. The molecule has 1 aromatic carbocycles. The highest BCUT2D eigenvalue weighted by molar-refractivity contribution is 5.81. The number of carbonyl (C=O) groups excluding carboxylic acids is 1. The maximum Gasteiger partial charge on any atom is 0.320 e. The Balaban J connectivity index is 1.94. The first-order valence-corrected chi connectivity index (χ1v) is 8.26. The lowest BCUT2D eigenvalue weighted by molar-refractivity contribution is 0.165. The average Bonchev–Trinajstić information content (AvgIpc) is 3.37. The summed E-state index contributed by atoms with van der Waals surface area (Å²) in [6.45, 7) is 2.85. The van der Waals surface area contributed by atoms with Gasteiger partial charge in [-0.25, -0.2) is 4.79 Å². The zero-order valence-electron chi connectivity index (χ0n) is 14.3. The molecule has 6 heteroatoms. The molecule has 0 atom stereocenters. The van der Waals surface area contributed by atoms with Gasteiger partial charge in [0, 0.05) is 36.6 Å². The van der Waals surface area contributed by atoms with Crippen LogP contribution in [-0.2, 0) is 6.54 Å². The van der Waals surface area contributed by atoms with Crippen molar-refractivity contribution in [3.8, 4) is 5.75 Å². The van der Waals surface area contributed by atoms with Crippen molar-refractivity contribution >= 4 is 16.9 Å². The van der Waals surface area contributed by atoms with Gasteiger partial charge in [-0.2, -0.15) is 0 Å². The maximum absolute atomic E-state index is 12.4. The normalized spacial score (nSPS) is 13.8. The SMILES string of the molecule is CCOc1ccc2[nH]c(=O)c(CN(C(=O)N(C)C)C3CC3)cc2c1. The lowest BCUT2D eigenvalue weighted by atomic mass is 10.1. The van der Waals surface area contributed by atoms with Gasteiger partial charge in [-0.1, -0.05) is 0 Å². The molecule has 1 aliphatic carbocycles. The second-order valence-corrected chi connectivity index (χ2v) is 6.34. The summed E-state index contributed by atoms with van der Waals surface area (Å²) in [5.74, 6) is 0.770. The molecule has 3 rings (SSSR count). The van der Waals surface area contributed by atoms with Gasteiger partial charge in [-0.15, -0.1) is 0 Å². The molecule has 1 N–H and O–H groups in total. The van der Waals surface area contributed by atoms with Crippen molar-refractivity contribution in [2.75, 3.05) is 20.7 Å². The molecule has 0 spiro atoms. The van der Waals surface area contributed by atoms with E-state index in [-0.39, 0.29) is 17.6 Å². The van der Waals surface area contributed by atoms with Crippen LogP contribution in [0.5, 0.6) is 5.75 Å². The number of carbonyl (C=O) groups is 1. The van der Waals surface area contributed by atoms with Crippen LogP contribution in [0.4, 0.5) is 4.79 Å². The molecular weight excluding hydrogens is 306 g/mol. The first-order chi connectivity index (χ1) is 11.5. The predicted octanol–water partition coefficient (Wildman–Crippen LogP) is 2.57. The van der Waals surface area contributed by atoms with Crippen molar-refractivity contribution in [1.29, 1.82) is 0 Å². The number of aromatic nitrogens is 1. The topological polar surface area (TPSA) is 65.6 Å². The average molecular weight is 329 g/mol. The minimum absolute atomic E-state index is 0.0555. The Morgan fingerprint density at radius 1 is 1.29 bits per heavy atom. The summed E-state index contributed by atoms with van der Waals surface area (Å²) in [6, 6.07) is 7.63. The summed E-state index contributed by atoms with van der Waals surface area (Å²) in [5, 5.41) is 0.906. The number of rotatable bonds is 5. The molecule has 0 bridgehead atoms. The monoisotopic (exact) mass is 329 g/mol. The number of nitrogens with one attached hydrogen (secondary N) is 1. The molecule has 1 fully saturated rings. The number of nitrogens with zero attached hydrogens (tertiary/aromatic N) is 2. The zero-order valence-corrected chi connectivity index (χ0v) is 14.3. The number of aromatic amines is 1. The van der Waals surface area contributed by atoms with E-state index in [2.05, 4.69) is 4.98 Å². The second-order valence-electron chi connectivity index (χ2n) is 6.34. The third-order valence-corrected chi connectivity index (χ3v) is 4.16. The number of ether oxygens (including phenoxy) is 1. The molecule has 128 valence electrons. The summed E-state index contributed by atoms with van der Waals surface area (Å²) in [6.07, 6.45) is 2.00. The van der Waals surface area contributed by atoms with Gasteiger partial charge in [0.25, 0.3) is 5.56 Å². The van der Waals surface area contributed by atoms with Gasteiger partial charge in [-0.05, 0) is 44.0 Å². The summed E-state index contributed by atoms with van der Waals surface area (Å²) in [7, 11) is 3.47. The van der Waals surface area contributed by atoms with Crippen LogP contribution in [0.3, 0.4) is 0 Å². The molecular formula is C18H23N3O3. The summed E-state index contributed by atoms with van der Waals surface area (Å²) in [4.78, 5) is 31.0. The molecule has 1 aromatic heterocycles.